The Morgan fingerprint density at radius 1 is 1.28 bits per heavy atom. The molecule has 0 aromatic heterocycles. The van der Waals surface area contributed by atoms with Crippen molar-refractivity contribution in [3.63, 3.8) is 0 Å². The van der Waals surface area contributed by atoms with Gasteiger partial charge in [-0.3, -0.25) is 0 Å². The fraction of sp³-hybridized carbons (Fsp3) is 0.538. The standard InChI is InChI=1S/C9H17NO2.C4H6O2/c1-7(5-6-10)8(11)12-9(2,3)4;1-3(2)4(5)6/h1,5-6,10H2,2-4H3;1H2,2H3,(H,5,6). The summed E-state index contributed by atoms with van der Waals surface area (Å²) >= 11 is 0. The maximum absolute atomic E-state index is 11.2. The van der Waals surface area contributed by atoms with Gasteiger partial charge in [-0.05, 0) is 40.7 Å². The number of carboxylic acid groups (broad SMARTS) is 1. The molecular formula is C13H23NO4. The summed E-state index contributed by atoms with van der Waals surface area (Å²) < 4.78 is 5.06. The van der Waals surface area contributed by atoms with Crippen LogP contribution in [0.1, 0.15) is 34.1 Å². The first kappa shape index (κ1) is 18.7. The lowest BCUT2D eigenvalue weighted by Crippen LogP contribution is -2.25. The Morgan fingerprint density at radius 2 is 1.67 bits per heavy atom. The van der Waals surface area contributed by atoms with Crippen molar-refractivity contribution in [2.24, 2.45) is 5.73 Å². The van der Waals surface area contributed by atoms with Gasteiger partial charge in [0.2, 0.25) is 0 Å². The maximum atomic E-state index is 11.2. The van der Waals surface area contributed by atoms with E-state index in [4.69, 9.17) is 15.6 Å². The molecule has 5 nitrogen and oxygen atoms in total. The molecule has 3 N–H and O–H groups in total. The highest BCUT2D eigenvalue weighted by molar-refractivity contribution is 5.88. The quantitative estimate of drug-likeness (QED) is 0.593. The third kappa shape index (κ3) is 12.4. The van der Waals surface area contributed by atoms with E-state index in [0.29, 0.717) is 18.5 Å². The van der Waals surface area contributed by atoms with Crippen LogP contribution in [0.5, 0.6) is 0 Å². The Balaban J connectivity index is 0. The Kier molecular flexibility index (Phi) is 8.81. The number of hydrogen-bond donors (Lipinski definition) is 2. The molecule has 0 bridgehead atoms. The second kappa shape index (κ2) is 8.47. The van der Waals surface area contributed by atoms with E-state index in [-0.39, 0.29) is 11.5 Å². The van der Waals surface area contributed by atoms with Gasteiger partial charge in [-0.1, -0.05) is 13.2 Å². The lowest BCUT2D eigenvalue weighted by molar-refractivity contribution is -0.150. The van der Waals surface area contributed by atoms with Crippen molar-refractivity contribution < 1.29 is 19.4 Å². The Morgan fingerprint density at radius 3 is 1.89 bits per heavy atom. The normalized spacial score (nSPS) is 9.83. The smallest absolute Gasteiger partial charge is 0.333 e. The van der Waals surface area contributed by atoms with Crippen LogP contribution < -0.4 is 5.73 Å². The molecule has 0 fully saturated rings. The zero-order valence-electron chi connectivity index (χ0n) is 11.6. The van der Waals surface area contributed by atoms with E-state index < -0.39 is 11.6 Å². The first-order valence-electron chi connectivity index (χ1n) is 5.51. The minimum atomic E-state index is -0.935. The molecule has 18 heavy (non-hydrogen) atoms. The molecule has 0 amide bonds. The third-order valence-corrected chi connectivity index (χ3v) is 1.50. The number of nitrogens with two attached hydrogens (primary N) is 1. The van der Waals surface area contributed by atoms with Crippen LogP contribution in [0.2, 0.25) is 0 Å². The second-order valence-electron chi connectivity index (χ2n) is 4.73. The van der Waals surface area contributed by atoms with Gasteiger partial charge in [0.1, 0.15) is 5.60 Å². The number of aliphatic carboxylic acids is 1. The van der Waals surface area contributed by atoms with E-state index in [1.165, 1.54) is 6.92 Å². The van der Waals surface area contributed by atoms with Gasteiger partial charge in [0, 0.05) is 11.1 Å². The first-order chi connectivity index (χ1) is 8.01. The van der Waals surface area contributed by atoms with E-state index in [0.717, 1.165) is 0 Å². The van der Waals surface area contributed by atoms with Crippen molar-refractivity contribution in [1.82, 2.24) is 0 Å². The summed E-state index contributed by atoms with van der Waals surface area (Å²) in [7, 11) is 0. The highest BCUT2D eigenvalue weighted by atomic mass is 16.6. The largest absolute Gasteiger partial charge is 0.478 e. The first-order valence-corrected chi connectivity index (χ1v) is 5.51. The summed E-state index contributed by atoms with van der Waals surface area (Å²) in [6, 6.07) is 0. The van der Waals surface area contributed by atoms with Crippen molar-refractivity contribution in [3.05, 3.63) is 24.3 Å². The molecule has 0 aliphatic rings. The molecule has 5 heteroatoms. The van der Waals surface area contributed by atoms with Gasteiger partial charge in [-0.2, -0.15) is 0 Å². The second-order valence-corrected chi connectivity index (χ2v) is 4.73. The Labute approximate surface area is 108 Å². The van der Waals surface area contributed by atoms with Gasteiger partial charge in [-0.25, -0.2) is 9.59 Å². The third-order valence-electron chi connectivity index (χ3n) is 1.50. The van der Waals surface area contributed by atoms with E-state index in [1.54, 1.807) is 0 Å². The number of carbonyl (C=O) groups is 2. The molecule has 0 aliphatic heterocycles. The summed E-state index contributed by atoms with van der Waals surface area (Å²) in [6.45, 7) is 14.1. The highest BCUT2D eigenvalue weighted by Crippen LogP contribution is 2.11. The molecule has 0 saturated carbocycles. The van der Waals surface area contributed by atoms with Crippen molar-refractivity contribution in [2.75, 3.05) is 6.54 Å². The minimum Gasteiger partial charge on any atom is -0.478 e. The number of rotatable bonds is 4. The molecule has 104 valence electrons. The van der Waals surface area contributed by atoms with Crippen LogP contribution in [0.25, 0.3) is 0 Å². The number of hydrogen-bond acceptors (Lipinski definition) is 4. The van der Waals surface area contributed by atoms with Crippen molar-refractivity contribution >= 4 is 11.9 Å². The topological polar surface area (TPSA) is 89.6 Å². The molecule has 0 unspecified atom stereocenters. The van der Waals surface area contributed by atoms with Gasteiger partial charge in [0.05, 0.1) is 0 Å². The number of carbonyl (C=O) groups excluding carboxylic acids is 1. The van der Waals surface area contributed by atoms with Gasteiger partial charge < -0.3 is 15.6 Å². The molecule has 0 saturated heterocycles. The van der Waals surface area contributed by atoms with Crippen LogP contribution in [0, 0.1) is 0 Å². The van der Waals surface area contributed by atoms with Gasteiger partial charge in [0.25, 0.3) is 0 Å². The molecule has 0 aliphatic carbocycles. The summed E-state index contributed by atoms with van der Waals surface area (Å²) in [5.41, 5.74) is 5.43. The number of esters is 1. The molecule has 0 heterocycles. The van der Waals surface area contributed by atoms with Crippen LogP contribution in [-0.2, 0) is 14.3 Å². The fourth-order valence-electron chi connectivity index (χ4n) is 0.627. The Bertz CT molecular complexity index is 314. The summed E-state index contributed by atoms with van der Waals surface area (Å²) in [6.07, 6.45) is 0.495. The van der Waals surface area contributed by atoms with Gasteiger partial charge >= 0.3 is 11.9 Å². The average molecular weight is 257 g/mol. The van der Waals surface area contributed by atoms with E-state index in [2.05, 4.69) is 13.2 Å². The number of carboxylic acids is 1. The monoisotopic (exact) mass is 257 g/mol. The van der Waals surface area contributed by atoms with Gasteiger partial charge in [-0.15, -0.1) is 0 Å². The zero-order valence-corrected chi connectivity index (χ0v) is 11.6. The summed E-state index contributed by atoms with van der Waals surface area (Å²) in [4.78, 5) is 20.8. The van der Waals surface area contributed by atoms with E-state index in [9.17, 15) is 9.59 Å². The summed E-state index contributed by atoms with van der Waals surface area (Å²) in [5.74, 6) is -1.29. The van der Waals surface area contributed by atoms with E-state index in [1.807, 2.05) is 20.8 Å². The van der Waals surface area contributed by atoms with Crippen LogP contribution in [0.4, 0.5) is 0 Å². The average Bonchev–Trinajstić information content (AvgIpc) is 2.16. The minimum absolute atomic E-state index is 0.176. The van der Waals surface area contributed by atoms with Crippen molar-refractivity contribution in [2.45, 2.75) is 39.7 Å². The summed E-state index contributed by atoms with van der Waals surface area (Å²) in [5, 5.41) is 7.89. The molecule has 0 rings (SSSR count). The molecule has 0 spiro atoms. The lowest BCUT2D eigenvalue weighted by Gasteiger charge is -2.19. The molecule has 0 radical (unpaired) electrons. The predicted octanol–water partition coefficient (Wildman–Crippen LogP) is 1.88. The predicted molar refractivity (Wildman–Crippen MR) is 71.1 cm³/mol. The molecule has 0 aromatic carbocycles. The fourth-order valence-corrected chi connectivity index (χ4v) is 0.627. The van der Waals surface area contributed by atoms with Crippen LogP contribution in [0.15, 0.2) is 24.3 Å². The van der Waals surface area contributed by atoms with Crippen molar-refractivity contribution in [3.8, 4) is 0 Å². The van der Waals surface area contributed by atoms with E-state index >= 15 is 0 Å². The van der Waals surface area contributed by atoms with Gasteiger partial charge in [0.15, 0.2) is 0 Å². The zero-order chi connectivity index (χ0) is 14.9. The molecule has 0 atom stereocenters. The lowest BCUT2D eigenvalue weighted by atomic mass is 10.1. The van der Waals surface area contributed by atoms with Crippen LogP contribution in [-0.4, -0.2) is 29.2 Å². The Hall–Kier alpha value is -1.62. The molecule has 0 aromatic rings. The highest BCUT2D eigenvalue weighted by Gasteiger charge is 2.17. The SMILES string of the molecule is C=C(C)C(=O)O.C=C(CCN)C(=O)OC(C)(C)C. The van der Waals surface area contributed by atoms with Crippen molar-refractivity contribution in [1.29, 1.82) is 0 Å². The number of ether oxygens (including phenoxy) is 1. The van der Waals surface area contributed by atoms with Crippen LogP contribution >= 0.6 is 0 Å². The van der Waals surface area contributed by atoms with Crippen LogP contribution in [0.3, 0.4) is 0 Å². The molecular weight excluding hydrogens is 234 g/mol. The maximum Gasteiger partial charge on any atom is 0.333 e.